The molecule has 1 rings (SSSR count). The fourth-order valence-corrected chi connectivity index (χ4v) is 1.15. The van der Waals surface area contributed by atoms with Crippen molar-refractivity contribution in [3.05, 3.63) is 0 Å². The van der Waals surface area contributed by atoms with Crippen LogP contribution in [0, 0.1) is 17.2 Å². The molecule has 8 heavy (non-hydrogen) atoms. The summed E-state index contributed by atoms with van der Waals surface area (Å²) in [4.78, 5) is 0. The van der Waals surface area contributed by atoms with E-state index >= 15 is 0 Å². The minimum absolute atomic E-state index is 0.148. The smallest absolute Gasteiger partial charge is 0.0672 e. The van der Waals surface area contributed by atoms with Gasteiger partial charge in [-0.15, -0.1) is 0 Å². The molecule has 0 aromatic rings. The Kier molecular flexibility index (Phi) is 1.50. The van der Waals surface area contributed by atoms with E-state index in [1.54, 1.807) is 0 Å². The van der Waals surface area contributed by atoms with E-state index in [-0.39, 0.29) is 12.0 Å². The van der Waals surface area contributed by atoms with Crippen LogP contribution in [0.5, 0.6) is 0 Å². The Morgan fingerprint density at radius 1 is 1.50 bits per heavy atom. The van der Waals surface area contributed by atoms with Gasteiger partial charge in [0.15, 0.2) is 0 Å². The van der Waals surface area contributed by atoms with Crippen LogP contribution >= 0.6 is 0 Å². The van der Waals surface area contributed by atoms with Crippen molar-refractivity contribution in [2.24, 2.45) is 11.7 Å². The molecule has 2 atom stereocenters. The maximum absolute atomic E-state index is 8.41. The topological polar surface area (TPSA) is 49.8 Å². The Hall–Kier alpha value is -0.550. The monoisotopic (exact) mass is 110 g/mol. The highest BCUT2D eigenvalue weighted by Gasteiger charge is 2.22. The fourth-order valence-electron chi connectivity index (χ4n) is 1.15. The van der Waals surface area contributed by atoms with Crippen LogP contribution in [0.3, 0.4) is 0 Å². The summed E-state index contributed by atoms with van der Waals surface area (Å²) in [7, 11) is 0. The van der Waals surface area contributed by atoms with E-state index in [1.165, 1.54) is 0 Å². The number of hydrogen-bond donors (Lipinski definition) is 1. The molecular weight excluding hydrogens is 100 g/mol. The maximum Gasteiger partial charge on any atom is 0.0672 e. The fraction of sp³-hybridized carbons (Fsp3) is 0.833. The summed E-state index contributed by atoms with van der Waals surface area (Å²) in [6.07, 6.45) is 3.19. The Labute approximate surface area is 49.3 Å². The first-order valence-electron chi connectivity index (χ1n) is 3.00. The summed E-state index contributed by atoms with van der Waals surface area (Å²) in [5.74, 6) is 0.148. The van der Waals surface area contributed by atoms with Gasteiger partial charge in [0.25, 0.3) is 0 Å². The molecule has 2 unspecified atom stereocenters. The first kappa shape index (κ1) is 5.58. The van der Waals surface area contributed by atoms with Gasteiger partial charge in [0.1, 0.15) is 0 Å². The number of nitrogens with two attached hydrogens (primary N) is 1. The van der Waals surface area contributed by atoms with Gasteiger partial charge >= 0.3 is 0 Å². The highest BCUT2D eigenvalue weighted by molar-refractivity contribution is 4.94. The maximum atomic E-state index is 8.41. The number of nitrogens with zero attached hydrogens (tertiary/aromatic N) is 1. The van der Waals surface area contributed by atoms with Gasteiger partial charge in [-0.05, 0) is 12.8 Å². The molecule has 0 bridgehead atoms. The van der Waals surface area contributed by atoms with Gasteiger partial charge in [0.05, 0.1) is 12.0 Å². The van der Waals surface area contributed by atoms with Crippen molar-refractivity contribution >= 4 is 0 Å². The highest BCUT2D eigenvalue weighted by Crippen LogP contribution is 2.22. The molecule has 0 saturated heterocycles. The zero-order valence-corrected chi connectivity index (χ0v) is 4.80. The second-order valence-electron chi connectivity index (χ2n) is 2.33. The van der Waals surface area contributed by atoms with Gasteiger partial charge in [-0.1, -0.05) is 6.42 Å². The van der Waals surface area contributed by atoms with Crippen molar-refractivity contribution in [1.82, 2.24) is 0 Å². The van der Waals surface area contributed by atoms with Crippen LogP contribution in [0.25, 0.3) is 0 Å². The van der Waals surface area contributed by atoms with E-state index in [9.17, 15) is 0 Å². The molecule has 2 nitrogen and oxygen atoms in total. The molecular formula is C6H10N2. The number of rotatable bonds is 0. The zero-order valence-electron chi connectivity index (χ0n) is 4.80. The van der Waals surface area contributed by atoms with Crippen LogP contribution in [0.15, 0.2) is 0 Å². The van der Waals surface area contributed by atoms with E-state index in [4.69, 9.17) is 11.0 Å². The van der Waals surface area contributed by atoms with E-state index in [0.29, 0.717) is 0 Å². The largest absolute Gasteiger partial charge is 0.327 e. The molecule has 0 spiro atoms. The second kappa shape index (κ2) is 2.15. The van der Waals surface area contributed by atoms with Crippen molar-refractivity contribution in [1.29, 1.82) is 5.26 Å². The molecule has 2 N–H and O–H groups in total. The molecule has 0 amide bonds. The molecule has 0 radical (unpaired) electrons. The van der Waals surface area contributed by atoms with Crippen molar-refractivity contribution < 1.29 is 0 Å². The van der Waals surface area contributed by atoms with E-state index < -0.39 is 0 Å². The van der Waals surface area contributed by atoms with E-state index in [2.05, 4.69) is 6.07 Å². The molecule has 44 valence electrons. The average Bonchev–Trinajstić information content (AvgIpc) is 2.14. The van der Waals surface area contributed by atoms with Crippen molar-refractivity contribution in [2.45, 2.75) is 25.3 Å². The summed E-state index contributed by atoms with van der Waals surface area (Å²) in [6, 6.07) is 2.36. The van der Waals surface area contributed by atoms with Crippen LogP contribution in [0.2, 0.25) is 0 Å². The Balaban J connectivity index is 2.45. The van der Waals surface area contributed by atoms with Gasteiger partial charge in [0.2, 0.25) is 0 Å². The Morgan fingerprint density at radius 2 is 2.25 bits per heavy atom. The molecule has 1 aliphatic rings. The Bertz CT molecular complexity index is 114. The third-order valence-electron chi connectivity index (χ3n) is 1.74. The Morgan fingerprint density at radius 3 is 2.50 bits per heavy atom. The first-order chi connectivity index (χ1) is 3.84. The molecule has 0 aromatic carbocycles. The lowest BCUT2D eigenvalue weighted by Crippen LogP contribution is -2.22. The summed E-state index contributed by atoms with van der Waals surface area (Å²) in [5.41, 5.74) is 5.57. The predicted octanol–water partition coefficient (Wildman–Crippen LogP) is 0.637. The SMILES string of the molecule is N#CC1CCCC1N. The van der Waals surface area contributed by atoms with Crippen LogP contribution < -0.4 is 5.73 Å². The summed E-state index contributed by atoms with van der Waals surface area (Å²) in [6.45, 7) is 0. The van der Waals surface area contributed by atoms with Crippen molar-refractivity contribution in [3.8, 4) is 6.07 Å². The third kappa shape index (κ3) is 0.823. The van der Waals surface area contributed by atoms with Crippen LogP contribution in [0.4, 0.5) is 0 Å². The van der Waals surface area contributed by atoms with Gasteiger partial charge in [-0.2, -0.15) is 5.26 Å². The van der Waals surface area contributed by atoms with Gasteiger partial charge < -0.3 is 5.73 Å². The van der Waals surface area contributed by atoms with Crippen LogP contribution in [0.1, 0.15) is 19.3 Å². The van der Waals surface area contributed by atoms with E-state index in [0.717, 1.165) is 19.3 Å². The lowest BCUT2D eigenvalue weighted by atomic mass is 10.1. The minimum Gasteiger partial charge on any atom is -0.327 e. The molecule has 1 aliphatic carbocycles. The van der Waals surface area contributed by atoms with Crippen LogP contribution in [-0.2, 0) is 0 Å². The van der Waals surface area contributed by atoms with Gasteiger partial charge in [0, 0.05) is 6.04 Å². The van der Waals surface area contributed by atoms with Gasteiger partial charge in [-0.3, -0.25) is 0 Å². The second-order valence-corrected chi connectivity index (χ2v) is 2.33. The quantitative estimate of drug-likeness (QED) is 0.497. The molecule has 0 aromatic heterocycles. The van der Waals surface area contributed by atoms with E-state index in [1.807, 2.05) is 0 Å². The normalized spacial score (nSPS) is 37.0. The summed E-state index contributed by atoms with van der Waals surface area (Å²) >= 11 is 0. The highest BCUT2D eigenvalue weighted by atomic mass is 14.7. The van der Waals surface area contributed by atoms with Gasteiger partial charge in [-0.25, -0.2) is 0 Å². The zero-order chi connectivity index (χ0) is 5.98. The molecule has 0 aliphatic heterocycles. The lowest BCUT2D eigenvalue weighted by molar-refractivity contribution is 0.593. The van der Waals surface area contributed by atoms with Crippen LogP contribution in [-0.4, -0.2) is 6.04 Å². The first-order valence-corrected chi connectivity index (χ1v) is 3.00. The summed E-state index contributed by atoms with van der Waals surface area (Å²) in [5, 5.41) is 8.41. The summed E-state index contributed by atoms with van der Waals surface area (Å²) < 4.78 is 0. The molecule has 1 saturated carbocycles. The molecule has 1 fully saturated rings. The third-order valence-corrected chi connectivity index (χ3v) is 1.74. The van der Waals surface area contributed by atoms with Crippen molar-refractivity contribution in [3.63, 3.8) is 0 Å². The van der Waals surface area contributed by atoms with Crippen molar-refractivity contribution in [2.75, 3.05) is 0 Å². The minimum atomic E-state index is 0.148. The molecule has 2 heteroatoms. The predicted molar refractivity (Wildman–Crippen MR) is 30.9 cm³/mol. The number of hydrogen-bond acceptors (Lipinski definition) is 2. The number of nitriles is 1. The molecule has 0 heterocycles. The lowest BCUT2D eigenvalue weighted by Gasteiger charge is -2.02. The average molecular weight is 110 g/mol. The standard InChI is InChI=1S/C6H10N2/c7-4-5-2-1-3-6(5)8/h5-6H,1-3,8H2.